The molecule has 1 aliphatic rings. The Morgan fingerprint density at radius 3 is 2.11 bits per heavy atom. The fraction of sp³-hybridized carbons (Fsp3) is 0.714. The van der Waals surface area contributed by atoms with E-state index in [0.717, 1.165) is 24.7 Å². The summed E-state index contributed by atoms with van der Waals surface area (Å²) >= 11 is 12.8. The zero-order valence-electron chi connectivity index (χ0n) is 17.3. The molecule has 0 saturated heterocycles. The molecule has 2 nitrogen and oxygen atoms in total. The van der Waals surface area contributed by atoms with Gasteiger partial charge in [0.15, 0.2) is 8.32 Å². The van der Waals surface area contributed by atoms with E-state index in [9.17, 15) is 4.39 Å². The maximum absolute atomic E-state index is 13.7. The zero-order chi connectivity index (χ0) is 20.2. The van der Waals surface area contributed by atoms with Crippen molar-refractivity contribution < 1.29 is 8.82 Å². The average molecular weight is 434 g/mol. The fourth-order valence-electron chi connectivity index (χ4n) is 4.43. The summed E-state index contributed by atoms with van der Waals surface area (Å²) in [5.74, 6) is 0.299. The molecule has 1 aromatic carbocycles. The van der Waals surface area contributed by atoms with Crippen LogP contribution in [-0.2, 0) is 4.43 Å². The first-order valence-corrected chi connectivity index (χ1v) is 13.5. The number of benzene rings is 1. The third kappa shape index (κ3) is 5.93. The molecule has 1 saturated carbocycles. The molecule has 0 aliphatic heterocycles. The topological polar surface area (TPSA) is 21.3 Å². The lowest BCUT2D eigenvalue weighted by Crippen LogP contribution is -2.42. The van der Waals surface area contributed by atoms with E-state index >= 15 is 0 Å². The van der Waals surface area contributed by atoms with Gasteiger partial charge in [-0.1, -0.05) is 57.8 Å². The maximum atomic E-state index is 13.7. The molecule has 1 N–H and O–H groups in total. The summed E-state index contributed by atoms with van der Waals surface area (Å²) < 4.78 is 20.4. The van der Waals surface area contributed by atoms with Crippen molar-refractivity contribution >= 4 is 31.5 Å². The lowest BCUT2D eigenvalue weighted by Gasteiger charge is -2.43. The van der Waals surface area contributed by atoms with Crippen molar-refractivity contribution in [3.8, 4) is 0 Å². The summed E-state index contributed by atoms with van der Waals surface area (Å²) in [5.41, 5.74) is 1.19. The molecule has 27 heavy (non-hydrogen) atoms. The molecule has 2 rings (SSSR count). The van der Waals surface area contributed by atoms with Gasteiger partial charge in [0, 0.05) is 12.1 Å². The Bertz CT molecular complexity index is 597. The van der Waals surface area contributed by atoms with Crippen molar-refractivity contribution in [3.05, 3.63) is 33.6 Å². The van der Waals surface area contributed by atoms with Gasteiger partial charge in [-0.15, -0.1) is 0 Å². The van der Waals surface area contributed by atoms with Crippen LogP contribution in [0.5, 0.6) is 0 Å². The molecular weight excluding hydrogens is 400 g/mol. The second-order valence-corrected chi connectivity index (χ2v) is 14.3. The van der Waals surface area contributed by atoms with Crippen LogP contribution in [0, 0.1) is 17.2 Å². The van der Waals surface area contributed by atoms with E-state index in [1.807, 2.05) is 0 Å². The van der Waals surface area contributed by atoms with Crippen LogP contribution in [0.4, 0.5) is 4.39 Å². The number of rotatable bonds is 10. The first kappa shape index (κ1) is 23.1. The minimum absolute atomic E-state index is 0.245. The number of hydrogen-bond donors (Lipinski definition) is 1. The highest BCUT2D eigenvalue weighted by molar-refractivity contribution is 6.73. The van der Waals surface area contributed by atoms with Gasteiger partial charge in [-0.05, 0) is 61.0 Å². The van der Waals surface area contributed by atoms with Gasteiger partial charge in [0.05, 0.1) is 16.1 Å². The van der Waals surface area contributed by atoms with Crippen molar-refractivity contribution in [1.29, 1.82) is 0 Å². The molecule has 1 unspecified atom stereocenters. The normalized spacial score (nSPS) is 18.4. The minimum Gasteiger partial charge on any atom is -0.409 e. The summed E-state index contributed by atoms with van der Waals surface area (Å²) in [6.07, 6.45) is 2.26. The zero-order valence-corrected chi connectivity index (χ0v) is 19.8. The first-order valence-electron chi connectivity index (χ1n) is 10.2. The molecule has 1 atom stereocenters. The van der Waals surface area contributed by atoms with Crippen molar-refractivity contribution in [2.45, 2.75) is 71.7 Å². The Balaban J connectivity index is 2.16. The van der Waals surface area contributed by atoms with E-state index in [-0.39, 0.29) is 6.10 Å². The van der Waals surface area contributed by atoms with Gasteiger partial charge in [-0.25, -0.2) is 4.39 Å². The number of hydrogen-bond acceptors (Lipinski definition) is 2. The molecule has 154 valence electrons. The lowest BCUT2D eigenvalue weighted by molar-refractivity contribution is 0.0915. The van der Waals surface area contributed by atoms with E-state index in [1.165, 1.54) is 25.0 Å². The number of nitrogens with one attached hydrogen (secondary N) is 1. The fourth-order valence-corrected chi connectivity index (χ4v) is 7.94. The molecule has 1 aromatic rings. The summed E-state index contributed by atoms with van der Waals surface area (Å²) in [7, 11) is -1.87. The van der Waals surface area contributed by atoms with Gasteiger partial charge in [-0.2, -0.15) is 0 Å². The van der Waals surface area contributed by atoms with Gasteiger partial charge >= 0.3 is 0 Å². The smallest absolute Gasteiger partial charge is 0.192 e. The molecule has 1 aliphatic carbocycles. The van der Waals surface area contributed by atoms with E-state index < -0.39 is 14.1 Å². The van der Waals surface area contributed by atoms with Crippen LogP contribution >= 0.6 is 23.2 Å². The SMILES string of the molecule is CC[Si](CC)(CC)OC(CNCC1CC(C)(C)C1)c1c(Cl)cc(F)cc1Cl. The van der Waals surface area contributed by atoms with E-state index in [4.69, 9.17) is 27.6 Å². The summed E-state index contributed by atoms with van der Waals surface area (Å²) in [5, 5.41) is 4.27. The highest BCUT2D eigenvalue weighted by atomic mass is 35.5. The van der Waals surface area contributed by atoms with Gasteiger partial charge in [0.1, 0.15) is 5.82 Å². The van der Waals surface area contributed by atoms with Gasteiger partial charge < -0.3 is 9.74 Å². The predicted octanol–water partition coefficient (Wildman–Crippen LogP) is 7.22. The van der Waals surface area contributed by atoms with E-state index in [2.05, 4.69) is 39.9 Å². The van der Waals surface area contributed by atoms with Crippen molar-refractivity contribution in [3.63, 3.8) is 0 Å². The monoisotopic (exact) mass is 433 g/mol. The quantitative estimate of drug-likeness (QED) is 0.393. The van der Waals surface area contributed by atoms with Crippen LogP contribution in [0.15, 0.2) is 12.1 Å². The molecule has 0 spiro atoms. The second kappa shape index (κ2) is 9.58. The third-order valence-electron chi connectivity index (χ3n) is 6.14. The van der Waals surface area contributed by atoms with Gasteiger partial charge in [0.25, 0.3) is 0 Å². The van der Waals surface area contributed by atoms with E-state index in [0.29, 0.717) is 33.5 Å². The van der Waals surface area contributed by atoms with E-state index in [1.54, 1.807) is 0 Å². The highest BCUT2D eigenvalue weighted by Gasteiger charge is 2.37. The molecule has 0 aromatic heterocycles. The Hall–Kier alpha value is -0.133. The molecule has 0 bridgehead atoms. The van der Waals surface area contributed by atoms with Crippen LogP contribution in [0.1, 0.15) is 59.1 Å². The summed E-state index contributed by atoms with van der Waals surface area (Å²) in [6, 6.07) is 5.80. The summed E-state index contributed by atoms with van der Waals surface area (Å²) in [6.45, 7) is 12.9. The highest BCUT2D eigenvalue weighted by Crippen LogP contribution is 2.44. The van der Waals surface area contributed by atoms with Crippen LogP contribution < -0.4 is 5.32 Å². The van der Waals surface area contributed by atoms with Gasteiger partial charge in [-0.3, -0.25) is 0 Å². The Morgan fingerprint density at radius 2 is 1.67 bits per heavy atom. The molecule has 6 heteroatoms. The average Bonchev–Trinajstić information content (AvgIpc) is 2.56. The molecule has 0 amide bonds. The number of halogens is 3. The predicted molar refractivity (Wildman–Crippen MR) is 117 cm³/mol. The molecule has 0 radical (unpaired) electrons. The van der Waals surface area contributed by atoms with Crippen molar-refractivity contribution in [1.82, 2.24) is 5.32 Å². The second-order valence-electron chi connectivity index (χ2n) is 8.73. The molecule has 1 fully saturated rings. The maximum Gasteiger partial charge on any atom is 0.192 e. The van der Waals surface area contributed by atoms with Crippen LogP contribution in [0.2, 0.25) is 28.2 Å². The molecular formula is C21H34Cl2FNOSi. The Morgan fingerprint density at radius 1 is 1.15 bits per heavy atom. The minimum atomic E-state index is -1.87. The van der Waals surface area contributed by atoms with Gasteiger partial charge in [0.2, 0.25) is 0 Å². The lowest BCUT2D eigenvalue weighted by atomic mass is 9.64. The third-order valence-corrected chi connectivity index (χ3v) is 11.4. The van der Waals surface area contributed by atoms with Crippen LogP contribution in [0.3, 0.4) is 0 Å². The van der Waals surface area contributed by atoms with Crippen LogP contribution in [-0.4, -0.2) is 21.4 Å². The van der Waals surface area contributed by atoms with Crippen LogP contribution in [0.25, 0.3) is 0 Å². The largest absolute Gasteiger partial charge is 0.409 e. The Kier molecular flexibility index (Phi) is 8.21. The summed E-state index contributed by atoms with van der Waals surface area (Å²) in [4.78, 5) is 0. The molecule has 0 heterocycles. The Labute approximate surface area is 175 Å². The standard InChI is InChI=1S/C21H34Cl2FNOSi/c1-6-27(7-2,8-3)26-19(14-25-13-15-11-21(4,5)12-15)20-17(22)9-16(24)10-18(20)23/h9-10,15,19,25H,6-8,11-14H2,1-5H3. The van der Waals surface area contributed by atoms with Crippen molar-refractivity contribution in [2.24, 2.45) is 11.3 Å². The first-order chi connectivity index (χ1) is 12.6. The van der Waals surface area contributed by atoms with Crippen molar-refractivity contribution in [2.75, 3.05) is 13.1 Å².